The maximum Gasteiger partial charge on any atom is 0.408 e. The van der Waals surface area contributed by atoms with E-state index in [2.05, 4.69) is 21.2 Å². The summed E-state index contributed by atoms with van der Waals surface area (Å²) in [5, 5.41) is 11.9. The van der Waals surface area contributed by atoms with E-state index >= 15 is 0 Å². The maximum absolute atomic E-state index is 11.3. The van der Waals surface area contributed by atoms with Crippen LogP contribution in [0.15, 0.2) is 0 Å². The fourth-order valence-corrected chi connectivity index (χ4v) is 1.31. The summed E-state index contributed by atoms with van der Waals surface area (Å²) in [6, 6.07) is -0.896. The molecule has 16 heavy (non-hydrogen) atoms. The second-order valence-electron chi connectivity index (χ2n) is 4.37. The Balaban J connectivity index is 4.19. The van der Waals surface area contributed by atoms with E-state index in [1.54, 1.807) is 20.8 Å². The van der Waals surface area contributed by atoms with Crippen LogP contribution in [0, 0.1) is 0 Å². The Labute approximate surface area is 104 Å². The van der Waals surface area contributed by atoms with Gasteiger partial charge < -0.3 is 15.2 Å². The van der Waals surface area contributed by atoms with Crippen LogP contribution in [0.4, 0.5) is 4.79 Å². The second-order valence-corrected chi connectivity index (χ2v) is 5.16. The lowest BCUT2D eigenvalue weighted by atomic mass is 10.2. The summed E-state index contributed by atoms with van der Waals surface area (Å²) in [5.41, 5.74) is -0.622. The number of carboxylic acid groups (broad SMARTS) is 1. The van der Waals surface area contributed by atoms with Crippen LogP contribution in [-0.2, 0) is 9.53 Å². The van der Waals surface area contributed by atoms with E-state index in [1.165, 1.54) is 0 Å². The third-order valence-corrected chi connectivity index (χ3v) is 2.18. The van der Waals surface area contributed by atoms with Gasteiger partial charge in [-0.15, -0.1) is 0 Å². The normalized spacial score (nSPS) is 13.0. The van der Waals surface area contributed by atoms with Crippen molar-refractivity contribution in [3.63, 3.8) is 0 Å². The van der Waals surface area contributed by atoms with E-state index in [4.69, 9.17) is 9.84 Å². The Bertz CT molecular complexity index is 250. The molecule has 0 aromatic carbocycles. The number of carbonyl (C=O) groups is 2. The number of rotatable bonds is 5. The van der Waals surface area contributed by atoms with E-state index < -0.39 is 23.7 Å². The first-order valence-corrected chi connectivity index (χ1v) is 6.16. The molecule has 0 rings (SSSR count). The minimum absolute atomic E-state index is 0.375. The van der Waals surface area contributed by atoms with Gasteiger partial charge in [0.25, 0.3) is 0 Å². The predicted molar refractivity (Wildman–Crippen MR) is 63.8 cm³/mol. The molecule has 0 heterocycles. The molecule has 0 aromatic rings. The van der Waals surface area contributed by atoms with Crippen LogP contribution >= 0.6 is 15.9 Å². The van der Waals surface area contributed by atoms with Crippen molar-refractivity contribution in [2.24, 2.45) is 0 Å². The molecule has 94 valence electrons. The number of carboxylic acids is 1. The highest BCUT2D eigenvalue weighted by atomic mass is 79.9. The number of alkyl carbamates (subject to hydrolysis) is 1. The molecule has 0 aromatic heterocycles. The summed E-state index contributed by atoms with van der Waals surface area (Å²) < 4.78 is 4.97. The number of alkyl halides is 1. The Kier molecular flexibility index (Phi) is 6.40. The third-order valence-electron chi connectivity index (χ3n) is 1.62. The Morgan fingerprint density at radius 3 is 2.38 bits per heavy atom. The molecule has 5 nitrogen and oxygen atoms in total. The molecular formula is C10H18BrNO4. The van der Waals surface area contributed by atoms with Gasteiger partial charge in [0, 0.05) is 5.33 Å². The topological polar surface area (TPSA) is 75.6 Å². The maximum atomic E-state index is 11.3. The summed E-state index contributed by atoms with van der Waals surface area (Å²) in [6.45, 7) is 5.17. The number of carbonyl (C=O) groups excluding carboxylic acids is 1. The molecule has 1 amide bonds. The smallest absolute Gasteiger partial charge is 0.408 e. The quantitative estimate of drug-likeness (QED) is 0.762. The fourth-order valence-electron chi connectivity index (χ4n) is 0.988. The largest absolute Gasteiger partial charge is 0.480 e. The highest BCUT2D eigenvalue weighted by Gasteiger charge is 2.23. The van der Waals surface area contributed by atoms with Crippen LogP contribution in [0.1, 0.15) is 33.6 Å². The zero-order chi connectivity index (χ0) is 12.8. The number of halogens is 1. The van der Waals surface area contributed by atoms with Crippen LogP contribution in [0.5, 0.6) is 0 Å². The fraction of sp³-hybridized carbons (Fsp3) is 0.800. The molecular weight excluding hydrogens is 278 g/mol. The van der Waals surface area contributed by atoms with Gasteiger partial charge in [0.1, 0.15) is 11.6 Å². The molecule has 0 spiro atoms. The summed E-state index contributed by atoms with van der Waals surface area (Å²) in [7, 11) is 0. The van der Waals surface area contributed by atoms with Gasteiger partial charge in [-0.1, -0.05) is 15.9 Å². The molecule has 0 aliphatic rings. The molecule has 1 atom stereocenters. The van der Waals surface area contributed by atoms with Crippen molar-refractivity contribution < 1.29 is 19.4 Å². The second kappa shape index (κ2) is 6.73. The number of hydrogen-bond acceptors (Lipinski definition) is 3. The summed E-state index contributed by atoms with van der Waals surface area (Å²) in [6.07, 6.45) is 0.349. The lowest BCUT2D eigenvalue weighted by Crippen LogP contribution is -2.43. The highest BCUT2D eigenvalue weighted by Crippen LogP contribution is 2.08. The van der Waals surface area contributed by atoms with Gasteiger partial charge >= 0.3 is 12.1 Å². The van der Waals surface area contributed by atoms with Crippen LogP contribution in [0.3, 0.4) is 0 Å². The predicted octanol–water partition coefficient (Wildman–Crippen LogP) is 2.14. The van der Waals surface area contributed by atoms with Gasteiger partial charge in [0.05, 0.1) is 0 Å². The minimum atomic E-state index is -1.05. The summed E-state index contributed by atoms with van der Waals surface area (Å²) in [4.78, 5) is 22.1. The summed E-state index contributed by atoms with van der Waals surface area (Å²) in [5.74, 6) is -1.05. The average Bonchev–Trinajstić information content (AvgIpc) is 2.08. The van der Waals surface area contributed by atoms with Crippen LogP contribution in [-0.4, -0.2) is 34.1 Å². The van der Waals surface area contributed by atoms with Gasteiger partial charge in [0.2, 0.25) is 0 Å². The van der Waals surface area contributed by atoms with Gasteiger partial charge in [0.15, 0.2) is 0 Å². The van der Waals surface area contributed by atoms with E-state index in [9.17, 15) is 9.59 Å². The lowest BCUT2D eigenvalue weighted by Gasteiger charge is -2.21. The number of nitrogens with one attached hydrogen (secondary N) is 1. The SMILES string of the molecule is CC(C)(C)OC(=O)N[C@@H](CCCBr)C(=O)O. The van der Waals surface area contributed by atoms with Crippen molar-refractivity contribution in [1.82, 2.24) is 5.32 Å². The molecule has 0 bridgehead atoms. The van der Waals surface area contributed by atoms with Crippen LogP contribution < -0.4 is 5.32 Å². The van der Waals surface area contributed by atoms with Crippen molar-refractivity contribution in [2.75, 3.05) is 5.33 Å². The van der Waals surface area contributed by atoms with Gasteiger partial charge in [-0.05, 0) is 33.6 Å². The highest BCUT2D eigenvalue weighted by molar-refractivity contribution is 9.09. The molecule has 0 unspecified atom stereocenters. The number of ether oxygens (including phenoxy) is 1. The minimum Gasteiger partial charge on any atom is -0.480 e. The average molecular weight is 296 g/mol. The molecule has 0 saturated carbocycles. The van der Waals surface area contributed by atoms with Gasteiger partial charge in [-0.2, -0.15) is 0 Å². The molecule has 0 aliphatic heterocycles. The third kappa shape index (κ3) is 7.50. The Morgan fingerprint density at radius 2 is 2.00 bits per heavy atom. The molecule has 2 N–H and O–H groups in total. The first kappa shape index (κ1) is 15.2. The number of aliphatic carboxylic acids is 1. The molecule has 0 radical (unpaired) electrons. The van der Waals surface area contributed by atoms with Crippen molar-refractivity contribution in [1.29, 1.82) is 0 Å². The van der Waals surface area contributed by atoms with Gasteiger partial charge in [-0.25, -0.2) is 9.59 Å². The van der Waals surface area contributed by atoms with Crippen molar-refractivity contribution in [2.45, 2.75) is 45.3 Å². The number of amides is 1. The molecule has 0 saturated heterocycles. The van der Waals surface area contributed by atoms with E-state index in [0.717, 1.165) is 0 Å². The standard InChI is InChI=1S/C10H18BrNO4/c1-10(2,3)16-9(15)12-7(8(13)14)5-4-6-11/h7H,4-6H2,1-3H3,(H,12,15)(H,13,14)/t7-/m0/s1. The Morgan fingerprint density at radius 1 is 1.44 bits per heavy atom. The van der Waals surface area contributed by atoms with Crippen molar-refractivity contribution >= 4 is 28.0 Å². The molecule has 0 fully saturated rings. The zero-order valence-electron chi connectivity index (χ0n) is 9.75. The lowest BCUT2D eigenvalue weighted by molar-refractivity contribution is -0.139. The van der Waals surface area contributed by atoms with Crippen molar-refractivity contribution in [3.05, 3.63) is 0 Å². The zero-order valence-corrected chi connectivity index (χ0v) is 11.3. The van der Waals surface area contributed by atoms with Crippen molar-refractivity contribution in [3.8, 4) is 0 Å². The monoisotopic (exact) mass is 295 g/mol. The van der Waals surface area contributed by atoms with E-state index in [1.807, 2.05) is 0 Å². The van der Waals surface area contributed by atoms with Crippen LogP contribution in [0.25, 0.3) is 0 Å². The first-order valence-electron chi connectivity index (χ1n) is 5.04. The summed E-state index contributed by atoms with van der Waals surface area (Å²) >= 11 is 3.21. The van der Waals surface area contributed by atoms with E-state index in [-0.39, 0.29) is 0 Å². The molecule has 6 heteroatoms. The number of hydrogen-bond donors (Lipinski definition) is 2. The van der Waals surface area contributed by atoms with Crippen LogP contribution in [0.2, 0.25) is 0 Å². The molecule has 0 aliphatic carbocycles. The first-order chi connectivity index (χ1) is 7.26. The van der Waals surface area contributed by atoms with E-state index in [0.29, 0.717) is 18.2 Å². The Hall–Kier alpha value is -0.780. The van der Waals surface area contributed by atoms with Gasteiger partial charge in [-0.3, -0.25) is 0 Å².